The van der Waals surface area contributed by atoms with Crippen LogP contribution in [-0.2, 0) is 13.0 Å². The van der Waals surface area contributed by atoms with Crippen molar-refractivity contribution in [3.8, 4) is 22.8 Å². The van der Waals surface area contributed by atoms with Crippen molar-refractivity contribution in [2.45, 2.75) is 13.0 Å². The lowest BCUT2D eigenvalue weighted by Crippen LogP contribution is -2.36. The fraction of sp³-hybridized carbons (Fsp3) is 0.250. The molecule has 142 valence electrons. The predicted molar refractivity (Wildman–Crippen MR) is 102 cm³/mol. The van der Waals surface area contributed by atoms with Crippen LogP contribution in [0.25, 0.3) is 11.3 Å². The highest BCUT2D eigenvalue weighted by Crippen LogP contribution is 2.37. The van der Waals surface area contributed by atoms with E-state index in [0.29, 0.717) is 24.5 Å². The number of carbonyl (C=O) groups is 1. The fourth-order valence-corrected chi connectivity index (χ4v) is 3.63. The zero-order chi connectivity index (χ0) is 19.1. The number of pyridine rings is 1. The van der Waals surface area contributed by atoms with E-state index in [2.05, 4.69) is 20.5 Å². The molecule has 2 N–H and O–H groups in total. The fourth-order valence-electron chi connectivity index (χ4n) is 3.63. The van der Waals surface area contributed by atoms with Gasteiger partial charge in [0.2, 0.25) is 6.79 Å². The number of H-pyrrole nitrogens is 1. The lowest BCUT2D eigenvalue weighted by Gasteiger charge is -2.27. The summed E-state index contributed by atoms with van der Waals surface area (Å²) < 4.78 is 10.9. The standard InChI is InChI=1S/C20H19N5O3/c1-21-18-9-13(4-6-22-18)20(26)25-7-5-15-14(10-25)19(24-23-15)12-2-3-16-17(8-12)28-11-27-16/h2-4,6,8-9H,5,7,10-11H2,1H3,(H,21,22)(H,23,24). The van der Waals surface area contributed by atoms with E-state index in [1.165, 1.54) is 0 Å². The van der Waals surface area contributed by atoms with Crippen LogP contribution in [0, 0.1) is 0 Å². The van der Waals surface area contributed by atoms with Crippen LogP contribution in [0.1, 0.15) is 21.6 Å². The normalized spacial score (nSPS) is 14.7. The zero-order valence-electron chi connectivity index (χ0n) is 15.4. The molecular formula is C20H19N5O3. The number of hydrogen-bond donors (Lipinski definition) is 2. The van der Waals surface area contributed by atoms with E-state index in [1.54, 1.807) is 25.4 Å². The average molecular weight is 377 g/mol. The average Bonchev–Trinajstić information content (AvgIpc) is 3.38. The second kappa shape index (κ2) is 6.56. The van der Waals surface area contributed by atoms with Crippen LogP contribution in [0.2, 0.25) is 0 Å². The topological polar surface area (TPSA) is 92.4 Å². The molecule has 0 aliphatic carbocycles. The molecule has 1 amide bonds. The number of fused-ring (bicyclic) bond motifs is 2. The van der Waals surface area contributed by atoms with Crippen LogP contribution in [0.4, 0.5) is 5.82 Å². The summed E-state index contributed by atoms with van der Waals surface area (Å²) in [6.07, 6.45) is 2.38. The van der Waals surface area contributed by atoms with Crippen molar-refractivity contribution in [2.75, 3.05) is 25.7 Å². The number of rotatable bonds is 3. The van der Waals surface area contributed by atoms with Gasteiger partial charge in [-0.1, -0.05) is 0 Å². The van der Waals surface area contributed by atoms with Crippen LogP contribution in [-0.4, -0.2) is 46.4 Å². The molecule has 0 fully saturated rings. The van der Waals surface area contributed by atoms with Crippen molar-refractivity contribution < 1.29 is 14.3 Å². The highest BCUT2D eigenvalue weighted by Gasteiger charge is 2.27. The van der Waals surface area contributed by atoms with Crippen LogP contribution in [0.5, 0.6) is 11.5 Å². The van der Waals surface area contributed by atoms with Crippen LogP contribution >= 0.6 is 0 Å². The van der Waals surface area contributed by atoms with Gasteiger partial charge in [-0.05, 0) is 30.3 Å². The van der Waals surface area contributed by atoms with Gasteiger partial charge in [-0.25, -0.2) is 4.98 Å². The van der Waals surface area contributed by atoms with Crippen molar-refractivity contribution in [3.05, 3.63) is 53.3 Å². The van der Waals surface area contributed by atoms with Crippen LogP contribution in [0.15, 0.2) is 36.5 Å². The van der Waals surface area contributed by atoms with Gasteiger partial charge in [-0.3, -0.25) is 9.89 Å². The Morgan fingerprint density at radius 1 is 1.21 bits per heavy atom. The van der Waals surface area contributed by atoms with E-state index in [9.17, 15) is 4.79 Å². The Kier molecular flexibility index (Phi) is 3.89. The predicted octanol–water partition coefficient (Wildman–Crippen LogP) is 2.44. The molecule has 2 aromatic heterocycles. The van der Waals surface area contributed by atoms with E-state index in [-0.39, 0.29) is 12.7 Å². The molecule has 0 atom stereocenters. The molecule has 0 unspecified atom stereocenters. The van der Waals surface area contributed by atoms with Gasteiger partial charge in [0.15, 0.2) is 11.5 Å². The third kappa shape index (κ3) is 2.74. The molecule has 0 saturated carbocycles. The van der Waals surface area contributed by atoms with Crippen molar-refractivity contribution in [3.63, 3.8) is 0 Å². The lowest BCUT2D eigenvalue weighted by atomic mass is 10.00. The van der Waals surface area contributed by atoms with Crippen LogP contribution < -0.4 is 14.8 Å². The summed E-state index contributed by atoms with van der Waals surface area (Å²) in [6.45, 7) is 1.39. The molecule has 8 nitrogen and oxygen atoms in total. The molecule has 0 spiro atoms. The van der Waals surface area contributed by atoms with E-state index in [1.807, 2.05) is 23.1 Å². The van der Waals surface area contributed by atoms with E-state index >= 15 is 0 Å². The molecule has 5 rings (SSSR count). The van der Waals surface area contributed by atoms with Gasteiger partial charge in [0.1, 0.15) is 5.82 Å². The molecule has 0 saturated heterocycles. The quantitative estimate of drug-likeness (QED) is 0.728. The number of ether oxygens (including phenoxy) is 2. The van der Waals surface area contributed by atoms with Gasteiger partial charge in [0.25, 0.3) is 5.91 Å². The largest absolute Gasteiger partial charge is 0.454 e. The second-order valence-corrected chi connectivity index (χ2v) is 6.75. The Morgan fingerprint density at radius 2 is 2.11 bits per heavy atom. The Bertz CT molecular complexity index is 1060. The third-order valence-electron chi connectivity index (χ3n) is 5.13. The van der Waals surface area contributed by atoms with Gasteiger partial charge in [-0.15, -0.1) is 0 Å². The monoisotopic (exact) mass is 377 g/mol. The molecule has 0 radical (unpaired) electrons. The second-order valence-electron chi connectivity index (χ2n) is 6.75. The number of benzene rings is 1. The number of carbonyl (C=O) groups excluding carboxylic acids is 1. The zero-order valence-corrected chi connectivity index (χ0v) is 15.4. The molecule has 4 heterocycles. The molecule has 2 aliphatic heterocycles. The maximum Gasteiger partial charge on any atom is 0.254 e. The minimum Gasteiger partial charge on any atom is -0.454 e. The molecule has 3 aromatic rings. The number of amides is 1. The Labute approximate surface area is 161 Å². The Balaban J connectivity index is 1.44. The highest BCUT2D eigenvalue weighted by atomic mass is 16.7. The minimum atomic E-state index is -0.0117. The lowest BCUT2D eigenvalue weighted by molar-refractivity contribution is 0.0734. The number of hydrogen-bond acceptors (Lipinski definition) is 6. The smallest absolute Gasteiger partial charge is 0.254 e. The van der Waals surface area contributed by atoms with Crippen molar-refractivity contribution in [1.29, 1.82) is 0 Å². The van der Waals surface area contributed by atoms with E-state index in [0.717, 1.165) is 40.4 Å². The Morgan fingerprint density at radius 3 is 3.00 bits per heavy atom. The Hall–Kier alpha value is -3.55. The molecule has 28 heavy (non-hydrogen) atoms. The maximum atomic E-state index is 13.0. The summed E-state index contributed by atoms with van der Waals surface area (Å²) in [4.78, 5) is 19.0. The summed E-state index contributed by atoms with van der Waals surface area (Å²) >= 11 is 0. The molecule has 1 aromatic carbocycles. The molecule has 0 bridgehead atoms. The summed E-state index contributed by atoms with van der Waals surface area (Å²) in [5.41, 5.74) is 4.52. The highest BCUT2D eigenvalue weighted by molar-refractivity contribution is 5.95. The van der Waals surface area contributed by atoms with E-state index in [4.69, 9.17) is 9.47 Å². The first kappa shape index (κ1) is 16.6. The first-order valence-corrected chi connectivity index (χ1v) is 9.12. The molecule has 2 aliphatic rings. The number of nitrogens with one attached hydrogen (secondary N) is 2. The number of aromatic amines is 1. The van der Waals surface area contributed by atoms with Crippen LogP contribution in [0.3, 0.4) is 0 Å². The number of nitrogens with zero attached hydrogens (tertiary/aromatic N) is 3. The van der Waals surface area contributed by atoms with Crippen molar-refractivity contribution in [1.82, 2.24) is 20.1 Å². The maximum absolute atomic E-state index is 13.0. The van der Waals surface area contributed by atoms with Gasteiger partial charge in [-0.2, -0.15) is 5.10 Å². The van der Waals surface area contributed by atoms with Gasteiger partial charge in [0.05, 0.1) is 5.69 Å². The van der Waals surface area contributed by atoms with Crippen molar-refractivity contribution >= 4 is 11.7 Å². The summed E-state index contributed by atoms with van der Waals surface area (Å²) in [5.74, 6) is 2.12. The number of aromatic nitrogens is 3. The molecular weight excluding hydrogens is 358 g/mol. The van der Waals surface area contributed by atoms with Crippen molar-refractivity contribution in [2.24, 2.45) is 0 Å². The number of anilines is 1. The SMILES string of the molecule is CNc1cc(C(=O)N2CCc3[nH]nc(-c4ccc5c(c4)OCO5)c3C2)ccn1. The van der Waals surface area contributed by atoms with Gasteiger partial charge >= 0.3 is 0 Å². The summed E-state index contributed by atoms with van der Waals surface area (Å²) in [5, 5.41) is 10.6. The summed E-state index contributed by atoms with van der Waals surface area (Å²) in [6, 6.07) is 9.30. The first-order chi connectivity index (χ1) is 13.7. The van der Waals surface area contributed by atoms with E-state index < -0.39 is 0 Å². The minimum absolute atomic E-state index is 0.0117. The van der Waals surface area contributed by atoms with Gasteiger partial charge in [0, 0.05) is 55.1 Å². The molecule has 8 heteroatoms. The van der Waals surface area contributed by atoms with Gasteiger partial charge < -0.3 is 19.7 Å². The first-order valence-electron chi connectivity index (χ1n) is 9.12. The summed E-state index contributed by atoms with van der Waals surface area (Å²) in [7, 11) is 1.78. The third-order valence-corrected chi connectivity index (χ3v) is 5.13.